The number of likely N-dealkylation sites (N-methyl/N-ethyl adjacent to an activating group) is 1. The van der Waals surface area contributed by atoms with Gasteiger partial charge in [-0.15, -0.1) is 11.3 Å². The van der Waals surface area contributed by atoms with Crippen molar-refractivity contribution >= 4 is 23.1 Å². The highest BCUT2D eigenvalue weighted by atomic mass is 32.1. The van der Waals surface area contributed by atoms with Crippen LogP contribution in [0.4, 0.5) is 10.2 Å². The molecule has 2 aromatic rings. The molecule has 116 valence electrons. The summed E-state index contributed by atoms with van der Waals surface area (Å²) < 4.78 is 13.8. The largest absolute Gasteiger partial charge is 0.349 e. The van der Waals surface area contributed by atoms with Gasteiger partial charge in [-0.1, -0.05) is 0 Å². The molecule has 0 aliphatic carbocycles. The number of hydrogen-bond acceptors (Lipinski definition) is 6. The molecule has 0 spiro atoms. The molecule has 1 saturated heterocycles. The molecular weight excluding hydrogens is 305 g/mol. The SMILES string of the molecule is CN(C[C@@H]1C[C@H](F)CN1c1ccncn1)C(=O)c1cscn1. The molecule has 3 heterocycles. The molecule has 1 aliphatic heterocycles. The number of carbonyl (C=O) groups is 1. The third kappa shape index (κ3) is 3.06. The normalized spacial score (nSPS) is 21.1. The second kappa shape index (κ2) is 6.35. The summed E-state index contributed by atoms with van der Waals surface area (Å²) in [5.74, 6) is 0.542. The van der Waals surface area contributed by atoms with E-state index in [-0.39, 0.29) is 11.9 Å². The summed E-state index contributed by atoms with van der Waals surface area (Å²) in [7, 11) is 1.71. The number of anilines is 1. The molecule has 0 aromatic carbocycles. The Balaban J connectivity index is 1.71. The quantitative estimate of drug-likeness (QED) is 0.856. The number of alkyl halides is 1. The van der Waals surface area contributed by atoms with Crippen molar-refractivity contribution < 1.29 is 9.18 Å². The van der Waals surface area contributed by atoms with E-state index in [0.29, 0.717) is 31.0 Å². The maximum atomic E-state index is 13.8. The molecule has 0 bridgehead atoms. The number of aromatic nitrogens is 3. The topological polar surface area (TPSA) is 62.2 Å². The fourth-order valence-corrected chi connectivity index (χ4v) is 3.21. The predicted octanol–water partition coefficient (Wildman–Crippen LogP) is 1.62. The van der Waals surface area contributed by atoms with Gasteiger partial charge in [0.25, 0.3) is 5.91 Å². The minimum atomic E-state index is -0.914. The van der Waals surface area contributed by atoms with Crippen LogP contribution < -0.4 is 4.90 Å². The van der Waals surface area contributed by atoms with Crippen LogP contribution >= 0.6 is 11.3 Å². The van der Waals surface area contributed by atoms with Crippen molar-refractivity contribution in [3.8, 4) is 0 Å². The molecule has 6 nitrogen and oxygen atoms in total. The molecule has 0 saturated carbocycles. The van der Waals surface area contributed by atoms with E-state index in [2.05, 4.69) is 15.0 Å². The average molecular weight is 321 g/mol. The third-order valence-corrected chi connectivity index (χ3v) is 4.29. The molecule has 0 N–H and O–H groups in total. The Morgan fingerprint density at radius 1 is 1.55 bits per heavy atom. The monoisotopic (exact) mass is 321 g/mol. The highest BCUT2D eigenvalue weighted by molar-refractivity contribution is 7.07. The summed E-state index contributed by atoms with van der Waals surface area (Å²) in [6, 6.07) is 1.66. The van der Waals surface area contributed by atoms with Crippen molar-refractivity contribution in [3.63, 3.8) is 0 Å². The summed E-state index contributed by atoms with van der Waals surface area (Å²) in [6.45, 7) is 0.723. The van der Waals surface area contributed by atoms with Gasteiger partial charge < -0.3 is 9.80 Å². The lowest BCUT2D eigenvalue weighted by molar-refractivity contribution is 0.0781. The molecule has 1 aliphatic rings. The van der Waals surface area contributed by atoms with Crippen molar-refractivity contribution in [1.29, 1.82) is 0 Å². The fourth-order valence-electron chi connectivity index (χ4n) is 2.68. The van der Waals surface area contributed by atoms with Crippen molar-refractivity contribution in [2.45, 2.75) is 18.6 Å². The number of carbonyl (C=O) groups excluding carboxylic acids is 1. The van der Waals surface area contributed by atoms with Gasteiger partial charge in [-0.3, -0.25) is 4.79 Å². The van der Waals surface area contributed by atoms with E-state index in [0.717, 1.165) is 0 Å². The van der Waals surface area contributed by atoms with Crippen molar-refractivity contribution in [2.24, 2.45) is 0 Å². The van der Waals surface area contributed by atoms with Crippen LogP contribution in [0.5, 0.6) is 0 Å². The number of halogens is 1. The maximum absolute atomic E-state index is 13.8. The molecule has 22 heavy (non-hydrogen) atoms. The lowest BCUT2D eigenvalue weighted by Crippen LogP contribution is -2.41. The molecule has 1 fully saturated rings. The smallest absolute Gasteiger partial charge is 0.273 e. The van der Waals surface area contributed by atoms with Crippen LogP contribution in [0.25, 0.3) is 0 Å². The molecular formula is C14H16FN5OS. The Labute approximate surface area is 131 Å². The Hall–Kier alpha value is -2.09. The van der Waals surface area contributed by atoms with Gasteiger partial charge in [0.05, 0.1) is 18.1 Å². The number of hydrogen-bond donors (Lipinski definition) is 0. The zero-order chi connectivity index (χ0) is 15.5. The predicted molar refractivity (Wildman–Crippen MR) is 81.8 cm³/mol. The van der Waals surface area contributed by atoms with Crippen LogP contribution in [0, 0.1) is 0 Å². The van der Waals surface area contributed by atoms with E-state index < -0.39 is 6.17 Å². The van der Waals surface area contributed by atoms with E-state index in [1.807, 2.05) is 4.90 Å². The van der Waals surface area contributed by atoms with E-state index >= 15 is 0 Å². The van der Waals surface area contributed by atoms with E-state index in [4.69, 9.17) is 0 Å². The summed E-state index contributed by atoms with van der Waals surface area (Å²) in [6.07, 6.45) is 2.55. The number of rotatable bonds is 4. The van der Waals surface area contributed by atoms with Crippen molar-refractivity contribution in [2.75, 3.05) is 25.0 Å². The number of amides is 1. The summed E-state index contributed by atoms with van der Waals surface area (Å²) >= 11 is 1.38. The van der Waals surface area contributed by atoms with Crippen LogP contribution in [-0.2, 0) is 0 Å². The molecule has 2 aromatic heterocycles. The lowest BCUT2D eigenvalue weighted by atomic mass is 10.2. The molecule has 0 unspecified atom stereocenters. The summed E-state index contributed by atoms with van der Waals surface area (Å²) in [5.41, 5.74) is 2.05. The van der Waals surface area contributed by atoms with Gasteiger partial charge in [0.1, 0.15) is 24.0 Å². The Morgan fingerprint density at radius 3 is 3.09 bits per heavy atom. The van der Waals surface area contributed by atoms with Crippen LogP contribution in [0.2, 0.25) is 0 Å². The first-order valence-electron chi connectivity index (χ1n) is 6.95. The van der Waals surface area contributed by atoms with Gasteiger partial charge in [0.15, 0.2) is 0 Å². The van der Waals surface area contributed by atoms with Gasteiger partial charge in [0, 0.05) is 31.6 Å². The maximum Gasteiger partial charge on any atom is 0.273 e. The first-order valence-corrected chi connectivity index (χ1v) is 7.90. The van der Waals surface area contributed by atoms with Gasteiger partial charge in [-0.05, 0) is 6.07 Å². The standard InChI is InChI=1S/C14H16FN5OS/c1-19(14(21)12-7-22-9-18-12)6-11-4-10(15)5-20(11)13-2-3-16-8-17-13/h2-3,7-11H,4-6H2,1H3/t10-,11-/m0/s1. The summed E-state index contributed by atoms with van der Waals surface area (Å²) in [5, 5.41) is 1.72. The third-order valence-electron chi connectivity index (χ3n) is 3.71. The molecule has 2 atom stereocenters. The van der Waals surface area contributed by atoms with Crippen LogP contribution in [0.15, 0.2) is 29.5 Å². The zero-order valence-electron chi connectivity index (χ0n) is 12.1. The molecule has 0 radical (unpaired) electrons. The minimum absolute atomic E-state index is 0.0996. The van der Waals surface area contributed by atoms with Gasteiger partial charge in [-0.25, -0.2) is 19.3 Å². The molecule has 1 amide bonds. The van der Waals surface area contributed by atoms with Crippen LogP contribution in [0.1, 0.15) is 16.9 Å². The number of thiazole rings is 1. The van der Waals surface area contributed by atoms with Gasteiger partial charge in [0.2, 0.25) is 0 Å². The van der Waals surface area contributed by atoms with Crippen LogP contribution in [-0.4, -0.2) is 58.1 Å². The highest BCUT2D eigenvalue weighted by Crippen LogP contribution is 2.26. The molecule has 3 rings (SSSR count). The van der Waals surface area contributed by atoms with E-state index in [9.17, 15) is 9.18 Å². The van der Waals surface area contributed by atoms with E-state index in [1.54, 1.807) is 35.1 Å². The summed E-state index contributed by atoms with van der Waals surface area (Å²) in [4.78, 5) is 27.8. The second-order valence-corrected chi connectivity index (χ2v) is 5.98. The van der Waals surface area contributed by atoms with Crippen LogP contribution in [0.3, 0.4) is 0 Å². The number of nitrogens with zero attached hydrogens (tertiary/aromatic N) is 5. The highest BCUT2D eigenvalue weighted by Gasteiger charge is 2.34. The second-order valence-electron chi connectivity index (χ2n) is 5.27. The fraction of sp³-hybridized carbons (Fsp3) is 0.429. The lowest BCUT2D eigenvalue weighted by Gasteiger charge is -2.28. The Morgan fingerprint density at radius 2 is 2.41 bits per heavy atom. The van der Waals surface area contributed by atoms with Crippen molar-refractivity contribution in [3.05, 3.63) is 35.2 Å². The van der Waals surface area contributed by atoms with E-state index in [1.165, 1.54) is 17.7 Å². The molecule has 8 heteroatoms. The minimum Gasteiger partial charge on any atom is -0.349 e. The Bertz CT molecular complexity index is 623. The van der Waals surface area contributed by atoms with Crippen molar-refractivity contribution in [1.82, 2.24) is 19.9 Å². The Kier molecular flexibility index (Phi) is 4.28. The van der Waals surface area contributed by atoms with Gasteiger partial charge in [-0.2, -0.15) is 0 Å². The first-order chi connectivity index (χ1) is 10.6. The van der Waals surface area contributed by atoms with Gasteiger partial charge >= 0.3 is 0 Å². The average Bonchev–Trinajstić information content (AvgIpc) is 3.17. The zero-order valence-corrected chi connectivity index (χ0v) is 12.9. The first kappa shape index (κ1) is 14.8.